The first-order chi connectivity index (χ1) is 72.2. The van der Waals surface area contributed by atoms with E-state index in [-0.39, 0.29) is 63.3 Å². The van der Waals surface area contributed by atoms with Crippen LogP contribution < -0.4 is 0 Å². The van der Waals surface area contributed by atoms with Gasteiger partial charge in [-0.05, 0) is 145 Å². The van der Waals surface area contributed by atoms with Gasteiger partial charge in [0.15, 0.2) is 53.7 Å². The molecule has 7 N–H and O–H groups in total. The smallest absolute Gasteiger partial charge is 0.288 e. The molecule has 0 aliphatic carbocycles. The molecule has 28 nitrogen and oxygen atoms in total. The molecule has 724 valence electrons. The van der Waals surface area contributed by atoms with Crippen LogP contribution in [-0.4, -0.2) is 121 Å². The van der Waals surface area contributed by atoms with Crippen molar-refractivity contribution in [3.63, 3.8) is 0 Å². The number of aromatic amines is 5. The quantitative estimate of drug-likeness (QED) is 0.0128. The molecule has 0 saturated carbocycles. The molecule has 15 aromatic heterocycles. The standard InChI is InChI=1S/C23H16N4O4S.C23H17N3O2S.C22H13ClN4O3S.C22H14ClN3OS.C22H14FN3OS/c28-13-15-6-5-14(11-20(15)27(30)31)22-19(26-9-10-32-23(26)25-22)7-8-21(29)17-12-24-18-4-2-1-3-16(17)18;27-14-15-5-7-16(8-6-15)22-20(26-11-12-29-23(26)25-22)9-10-21(28)18-13-24-19-4-2-1-3-17(18)19;23-16-6-5-13(11-19(16)27(29)30)21-18(26-9-10-31-22(26)25-21)7-8-20(28)15-12-24-17-4-2-1-3-14(15)17;2*23-15-7-5-14(6-8-15)21-19(26-11-12-28-22(26)25-21)9-10-20(27)17-13-24-18-4-2-1-3-16(17)18/h1-12,24,28H,13H2;1-13,24,27H,14H2;1-12,24H;2*1-13,24H/b8-7+;10-9+;8-7+;2*10-9+. The summed E-state index contributed by atoms with van der Waals surface area (Å²) in [6, 6.07) is 69.0. The number of fused-ring (bicyclic) bond motifs is 10. The predicted octanol–water partition coefficient (Wildman–Crippen LogP) is 27.4. The Labute approximate surface area is 866 Å². The maximum atomic E-state index is 13.3. The summed E-state index contributed by atoms with van der Waals surface area (Å²) >= 11 is 19.4. The number of nitro benzene ring substituents is 2. The summed E-state index contributed by atoms with van der Waals surface area (Å²) in [4.78, 5) is 129. The summed E-state index contributed by atoms with van der Waals surface area (Å²) in [5.74, 6) is -0.821. The van der Waals surface area contributed by atoms with Crippen LogP contribution in [0.3, 0.4) is 0 Å². The fourth-order valence-electron chi connectivity index (χ4n) is 17.3. The van der Waals surface area contributed by atoms with Crippen molar-refractivity contribution in [1.82, 2.24) is 71.8 Å². The van der Waals surface area contributed by atoms with Gasteiger partial charge in [0.25, 0.3) is 11.4 Å². The molecule has 10 aromatic carbocycles. The fraction of sp³-hybridized carbons (Fsp3) is 0.0179. The third-order valence-corrected chi connectivity index (χ3v) is 28.9. The number of H-pyrrole nitrogens is 5. The van der Waals surface area contributed by atoms with Crippen molar-refractivity contribution in [3.8, 4) is 56.3 Å². The van der Waals surface area contributed by atoms with Crippen LogP contribution in [0.1, 0.15) is 91.4 Å². The zero-order valence-electron chi connectivity index (χ0n) is 76.9. The second kappa shape index (κ2) is 42.1. The van der Waals surface area contributed by atoms with E-state index in [0.717, 1.165) is 126 Å². The number of aliphatic hydroxyl groups is 2. The van der Waals surface area contributed by atoms with E-state index in [1.807, 2.05) is 262 Å². The van der Waals surface area contributed by atoms with Crippen molar-refractivity contribution < 1.29 is 48.4 Å². The topological polar surface area (TPSA) is 378 Å². The maximum Gasteiger partial charge on any atom is 0.288 e. The first-order valence-corrected chi connectivity index (χ1v) is 50.7. The molecule has 0 aliphatic heterocycles. The summed E-state index contributed by atoms with van der Waals surface area (Å²) in [5, 5.41) is 56.2. The van der Waals surface area contributed by atoms with Gasteiger partial charge in [0.1, 0.15) is 10.8 Å². The first kappa shape index (κ1) is 96.2. The number of imidazole rings is 5. The normalized spacial score (nSPS) is 11.7. The molecule has 0 fully saturated rings. The van der Waals surface area contributed by atoms with E-state index in [2.05, 4.69) is 39.9 Å². The van der Waals surface area contributed by atoms with Gasteiger partial charge in [0.2, 0.25) is 0 Å². The Morgan fingerprint density at radius 3 is 0.872 bits per heavy atom. The van der Waals surface area contributed by atoms with Gasteiger partial charge in [-0.2, -0.15) is 0 Å². The lowest BCUT2D eigenvalue weighted by Crippen LogP contribution is -1.97. The summed E-state index contributed by atoms with van der Waals surface area (Å²) in [5.41, 5.74) is 19.4. The highest BCUT2D eigenvalue weighted by molar-refractivity contribution is 7.16. The Morgan fingerprint density at radius 1 is 0.331 bits per heavy atom. The first-order valence-electron chi connectivity index (χ1n) is 45.5. The Kier molecular flexibility index (Phi) is 27.4. The van der Waals surface area contributed by atoms with E-state index >= 15 is 0 Å². The van der Waals surface area contributed by atoms with Crippen LogP contribution >= 0.6 is 79.9 Å². The van der Waals surface area contributed by atoms with Crippen molar-refractivity contribution >= 4 is 230 Å². The Hall–Kier alpha value is -18.0. The second-order valence-electron chi connectivity index (χ2n) is 33.3. The molecule has 0 saturated heterocycles. The number of allylic oxidation sites excluding steroid dienone is 5. The Morgan fingerprint density at radius 2 is 0.588 bits per heavy atom. The number of para-hydroxylation sites is 5. The van der Waals surface area contributed by atoms with E-state index in [1.165, 1.54) is 82.6 Å². The van der Waals surface area contributed by atoms with Gasteiger partial charge in [0, 0.05) is 216 Å². The highest BCUT2D eigenvalue weighted by Gasteiger charge is 2.26. The monoisotopic (exact) mass is 2080 g/mol. The minimum Gasteiger partial charge on any atom is -0.392 e. The predicted molar refractivity (Wildman–Crippen MR) is 586 cm³/mol. The highest BCUT2D eigenvalue weighted by atomic mass is 35.5. The number of hydrogen-bond acceptors (Lipinski definition) is 21. The van der Waals surface area contributed by atoms with Crippen molar-refractivity contribution in [2.75, 3.05) is 0 Å². The number of aliphatic hydroxyl groups excluding tert-OH is 2. The number of carbonyl (C=O) groups excluding carboxylic acids is 5. The number of thiazole rings is 5. The van der Waals surface area contributed by atoms with Crippen LogP contribution in [0.25, 0.3) is 166 Å². The molecule has 0 unspecified atom stereocenters. The number of benzene rings is 10. The van der Waals surface area contributed by atoms with Gasteiger partial charge >= 0.3 is 0 Å². The molecule has 25 rings (SSSR count). The molecule has 0 amide bonds. The third-order valence-electron chi connectivity index (χ3n) is 24.5. The van der Waals surface area contributed by atoms with Gasteiger partial charge < -0.3 is 35.1 Å². The molecule has 0 spiro atoms. The minimum absolute atomic E-state index is 0.00441. The lowest BCUT2D eigenvalue weighted by Gasteiger charge is -2.04. The number of rotatable bonds is 24. The minimum atomic E-state index is -0.527. The van der Waals surface area contributed by atoms with Crippen LogP contribution in [0.15, 0.2) is 350 Å². The lowest BCUT2D eigenvalue weighted by molar-refractivity contribution is -0.385. The molecule has 0 radical (unpaired) electrons. The molecule has 0 atom stereocenters. The summed E-state index contributed by atoms with van der Waals surface area (Å²) in [7, 11) is 0. The largest absolute Gasteiger partial charge is 0.392 e. The van der Waals surface area contributed by atoms with Gasteiger partial charge in [-0.1, -0.05) is 163 Å². The zero-order chi connectivity index (χ0) is 102. The van der Waals surface area contributed by atoms with E-state index in [1.54, 1.807) is 114 Å². The van der Waals surface area contributed by atoms with Crippen molar-refractivity contribution in [2.45, 2.75) is 13.2 Å². The van der Waals surface area contributed by atoms with Crippen molar-refractivity contribution in [1.29, 1.82) is 0 Å². The second-order valence-corrected chi connectivity index (χ2v) is 38.5. The molecule has 0 bridgehead atoms. The number of nitrogens with zero attached hydrogens (tertiary/aromatic N) is 12. The van der Waals surface area contributed by atoms with Crippen molar-refractivity contribution in [2.24, 2.45) is 0 Å². The fourth-order valence-corrected chi connectivity index (χ4v) is 21.2. The SMILES string of the molecule is O=C(/C=C/c1c(-c2ccc(CO)c([N+](=O)[O-])c2)nc2sccn12)c1c[nH]c2ccccc12.O=C(/C=C/c1c(-c2ccc(CO)cc2)nc2sccn12)c1c[nH]c2ccccc12.O=C(/C=C/c1c(-c2ccc(Cl)c([N+](=O)[O-])c2)nc2sccn12)c1c[nH]c2ccccc12.O=C(/C=C/c1c(-c2ccc(Cl)cc2)nc2sccn12)c1c[nH]c2ccccc12.O=C(/C=C/c1c(-c2ccc(F)cc2)nc2sccn12)c1c[nH]c2ccccc12. The highest BCUT2D eigenvalue weighted by Crippen LogP contribution is 2.39. The van der Waals surface area contributed by atoms with Crippen LogP contribution in [0.5, 0.6) is 0 Å². The number of ketones is 5. The summed E-state index contributed by atoms with van der Waals surface area (Å²) < 4.78 is 22.9. The number of aromatic nitrogens is 15. The molecular weight excluding hydrogens is 2010 g/mol. The lowest BCUT2D eigenvalue weighted by atomic mass is 10.0. The number of nitro groups is 2. The molecular formula is C112H74Cl2FN17O11S5. The van der Waals surface area contributed by atoms with Crippen molar-refractivity contribution in [3.05, 3.63) is 453 Å². The van der Waals surface area contributed by atoms with Crippen LogP contribution in [0, 0.1) is 26.0 Å². The molecule has 15 heterocycles. The number of nitrogens with one attached hydrogen (secondary N) is 5. The Bertz CT molecular complexity index is 9410. The van der Waals surface area contributed by atoms with Crippen LogP contribution in [0.2, 0.25) is 10.0 Å². The van der Waals surface area contributed by atoms with E-state index < -0.39 is 16.5 Å². The molecule has 0 aliphatic rings. The van der Waals surface area contributed by atoms with Gasteiger partial charge in [0.05, 0.1) is 85.6 Å². The molecule has 148 heavy (non-hydrogen) atoms. The van der Waals surface area contributed by atoms with E-state index in [4.69, 9.17) is 33.2 Å². The van der Waals surface area contributed by atoms with Gasteiger partial charge in [-0.15, -0.1) is 56.7 Å². The van der Waals surface area contributed by atoms with E-state index in [9.17, 15) is 58.8 Å². The van der Waals surface area contributed by atoms with Crippen LogP contribution in [0.4, 0.5) is 15.8 Å². The van der Waals surface area contributed by atoms with Gasteiger partial charge in [-0.3, -0.25) is 66.2 Å². The number of carbonyl (C=O) groups is 5. The number of halogens is 3. The molecule has 25 aromatic rings. The average molecular weight is 2080 g/mol. The summed E-state index contributed by atoms with van der Waals surface area (Å²) in [6.07, 6.45) is 34.7. The maximum absolute atomic E-state index is 13.3. The number of hydrogen-bond donors (Lipinski definition) is 7. The Balaban J connectivity index is 0.000000108. The van der Waals surface area contributed by atoms with Crippen LogP contribution in [-0.2, 0) is 13.2 Å². The zero-order valence-corrected chi connectivity index (χ0v) is 82.5. The third kappa shape index (κ3) is 19.6. The average Bonchev–Trinajstić information content (AvgIpc) is 1.64. The van der Waals surface area contributed by atoms with E-state index in [0.29, 0.717) is 76.7 Å². The van der Waals surface area contributed by atoms with Gasteiger partial charge in [-0.25, -0.2) is 29.3 Å². The molecule has 36 heteroatoms. The summed E-state index contributed by atoms with van der Waals surface area (Å²) in [6.45, 7) is -0.425.